The van der Waals surface area contributed by atoms with Crippen LogP contribution in [-0.4, -0.2) is 34.6 Å². The SMILES string of the molecule is Cc1c(-c2ccc3c(c2)CCC2(CCN(C(N)=O)CC2)O3)ccc2ccc(=O)[nH]c12. The van der Waals surface area contributed by atoms with Gasteiger partial charge in [-0.2, -0.15) is 0 Å². The molecule has 0 saturated carbocycles. The number of likely N-dealkylation sites (tertiary alicyclic amines) is 1. The fraction of sp³-hybridized carbons (Fsp3) is 0.333. The van der Waals surface area contributed by atoms with Crippen molar-refractivity contribution in [2.45, 2.75) is 38.2 Å². The lowest BCUT2D eigenvalue weighted by Gasteiger charge is -2.44. The predicted octanol–water partition coefficient (Wildman–Crippen LogP) is 3.74. The number of primary amides is 1. The van der Waals surface area contributed by atoms with Gasteiger partial charge in [0.05, 0.1) is 5.52 Å². The Morgan fingerprint density at radius 2 is 1.87 bits per heavy atom. The summed E-state index contributed by atoms with van der Waals surface area (Å²) in [4.78, 5) is 27.8. The Labute approximate surface area is 174 Å². The molecule has 30 heavy (non-hydrogen) atoms. The number of benzene rings is 2. The zero-order valence-electron chi connectivity index (χ0n) is 17.0. The van der Waals surface area contributed by atoms with Gasteiger partial charge in [-0.1, -0.05) is 18.2 Å². The van der Waals surface area contributed by atoms with E-state index in [0.29, 0.717) is 13.1 Å². The van der Waals surface area contributed by atoms with Crippen molar-refractivity contribution in [3.05, 3.63) is 63.9 Å². The summed E-state index contributed by atoms with van der Waals surface area (Å²) >= 11 is 0. The van der Waals surface area contributed by atoms with Gasteiger partial charge in [-0.3, -0.25) is 4.79 Å². The number of hydrogen-bond acceptors (Lipinski definition) is 3. The third-order valence-corrected chi connectivity index (χ3v) is 6.69. The Hall–Kier alpha value is -3.28. The number of carbonyl (C=O) groups is 1. The first-order valence-corrected chi connectivity index (χ1v) is 10.4. The number of aromatic nitrogens is 1. The fourth-order valence-corrected chi connectivity index (χ4v) is 4.86. The van der Waals surface area contributed by atoms with Crippen molar-refractivity contribution in [1.82, 2.24) is 9.88 Å². The maximum Gasteiger partial charge on any atom is 0.314 e. The number of hydrogen-bond donors (Lipinski definition) is 2. The summed E-state index contributed by atoms with van der Waals surface area (Å²) in [5, 5.41) is 1.03. The lowest BCUT2D eigenvalue weighted by atomic mass is 9.82. The van der Waals surface area contributed by atoms with Gasteiger partial charge in [-0.25, -0.2) is 4.79 Å². The van der Waals surface area contributed by atoms with Gasteiger partial charge in [0, 0.05) is 32.0 Å². The monoisotopic (exact) mass is 403 g/mol. The molecule has 2 aromatic carbocycles. The molecular formula is C24H25N3O3. The number of piperidine rings is 1. The number of pyridine rings is 1. The number of urea groups is 1. The standard InChI is InChI=1S/C24H25N3O3/c1-15-19(5-2-16-4-7-21(28)26-22(15)16)17-3-6-20-18(14-17)8-9-24(30-20)10-12-27(13-11-24)23(25)29/h2-7,14H,8-13H2,1H3,(H2,25,29)(H,26,28). The van der Waals surface area contributed by atoms with E-state index in [4.69, 9.17) is 10.5 Å². The summed E-state index contributed by atoms with van der Waals surface area (Å²) in [6, 6.07) is 13.6. The highest BCUT2D eigenvalue weighted by molar-refractivity contribution is 5.88. The van der Waals surface area contributed by atoms with E-state index in [1.807, 2.05) is 19.1 Å². The molecule has 5 rings (SSSR count). The van der Waals surface area contributed by atoms with Crippen LogP contribution >= 0.6 is 0 Å². The second-order valence-electron chi connectivity index (χ2n) is 8.46. The molecule has 0 bridgehead atoms. The average Bonchev–Trinajstić information content (AvgIpc) is 2.74. The average molecular weight is 403 g/mol. The van der Waals surface area contributed by atoms with E-state index < -0.39 is 0 Å². The summed E-state index contributed by atoms with van der Waals surface area (Å²) in [7, 11) is 0. The second kappa shape index (κ2) is 6.90. The molecule has 1 fully saturated rings. The first-order valence-electron chi connectivity index (χ1n) is 10.4. The van der Waals surface area contributed by atoms with Crippen LogP contribution in [0.3, 0.4) is 0 Å². The molecule has 1 spiro atoms. The molecule has 2 aliphatic heterocycles. The number of aryl methyl sites for hydroxylation is 2. The van der Waals surface area contributed by atoms with E-state index in [9.17, 15) is 9.59 Å². The lowest BCUT2D eigenvalue weighted by molar-refractivity contribution is -0.00471. The van der Waals surface area contributed by atoms with Gasteiger partial charge in [0.2, 0.25) is 5.56 Å². The van der Waals surface area contributed by atoms with Crippen LogP contribution in [0.5, 0.6) is 5.75 Å². The fourth-order valence-electron chi connectivity index (χ4n) is 4.86. The molecule has 3 aromatic rings. The largest absolute Gasteiger partial charge is 0.487 e. The van der Waals surface area contributed by atoms with E-state index >= 15 is 0 Å². The summed E-state index contributed by atoms with van der Waals surface area (Å²) < 4.78 is 6.47. The van der Waals surface area contributed by atoms with Gasteiger partial charge in [0.1, 0.15) is 11.4 Å². The van der Waals surface area contributed by atoms with Crippen LogP contribution in [0.15, 0.2) is 47.3 Å². The molecule has 6 nitrogen and oxygen atoms in total. The molecule has 0 unspecified atom stereocenters. The van der Waals surface area contributed by atoms with Crippen molar-refractivity contribution in [1.29, 1.82) is 0 Å². The summed E-state index contributed by atoms with van der Waals surface area (Å²) in [6.45, 7) is 3.35. The molecule has 2 aliphatic rings. The van der Waals surface area contributed by atoms with Crippen LogP contribution in [0.1, 0.15) is 30.4 Å². The zero-order valence-corrected chi connectivity index (χ0v) is 17.0. The number of carbonyl (C=O) groups excluding carboxylic acids is 1. The van der Waals surface area contributed by atoms with Crippen LogP contribution in [0.4, 0.5) is 4.79 Å². The number of rotatable bonds is 1. The number of nitrogens with one attached hydrogen (secondary N) is 1. The summed E-state index contributed by atoms with van der Waals surface area (Å²) in [5.74, 6) is 0.935. The quantitative estimate of drug-likeness (QED) is 0.649. The highest BCUT2D eigenvalue weighted by atomic mass is 16.5. The van der Waals surface area contributed by atoms with E-state index in [2.05, 4.69) is 29.2 Å². The minimum absolute atomic E-state index is 0.0886. The Bertz CT molecular complexity index is 1210. The third-order valence-electron chi connectivity index (χ3n) is 6.69. The minimum atomic E-state index is -0.349. The Morgan fingerprint density at radius 1 is 1.10 bits per heavy atom. The van der Waals surface area contributed by atoms with Crippen molar-refractivity contribution >= 4 is 16.9 Å². The normalized spacial score (nSPS) is 17.6. The Kier molecular flexibility index (Phi) is 4.31. The summed E-state index contributed by atoms with van der Waals surface area (Å²) in [6.07, 6.45) is 3.52. The van der Waals surface area contributed by atoms with Crippen LogP contribution in [-0.2, 0) is 6.42 Å². The predicted molar refractivity (Wildman–Crippen MR) is 117 cm³/mol. The number of fused-ring (bicyclic) bond motifs is 2. The maximum atomic E-state index is 11.8. The molecule has 0 aliphatic carbocycles. The van der Waals surface area contributed by atoms with Crippen LogP contribution < -0.4 is 16.0 Å². The summed E-state index contributed by atoms with van der Waals surface area (Å²) in [5.41, 5.74) is 10.5. The highest BCUT2D eigenvalue weighted by Gasteiger charge is 2.40. The lowest BCUT2D eigenvalue weighted by Crippen LogP contribution is -2.52. The third kappa shape index (κ3) is 3.12. The Balaban J connectivity index is 1.44. The van der Waals surface area contributed by atoms with Crippen molar-refractivity contribution in [2.75, 3.05) is 13.1 Å². The molecule has 1 aromatic heterocycles. The van der Waals surface area contributed by atoms with Crippen molar-refractivity contribution < 1.29 is 9.53 Å². The molecule has 6 heteroatoms. The number of nitrogens with two attached hydrogens (primary N) is 1. The van der Waals surface area contributed by atoms with Crippen LogP contribution in [0.25, 0.3) is 22.0 Å². The molecule has 3 N–H and O–H groups in total. The molecule has 1 saturated heterocycles. The van der Waals surface area contributed by atoms with Gasteiger partial charge in [0.15, 0.2) is 0 Å². The van der Waals surface area contributed by atoms with Crippen molar-refractivity contribution in [3.8, 4) is 16.9 Å². The van der Waals surface area contributed by atoms with Gasteiger partial charge in [-0.05, 0) is 65.6 Å². The van der Waals surface area contributed by atoms with Gasteiger partial charge in [-0.15, -0.1) is 0 Å². The first kappa shape index (κ1) is 18.7. The smallest absolute Gasteiger partial charge is 0.314 e. The van der Waals surface area contributed by atoms with Gasteiger partial charge >= 0.3 is 6.03 Å². The van der Waals surface area contributed by atoms with E-state index in [0.717, 1.165) is 59.0 Å². The van der Waals surface area contributed by atoms with E-state index in [1.54, 1.807) is 11.0 Å². The number of aromatic amines is 1. The van der Waals surface area contributed by atoms with E-state index in [1.165, 1.54) is 5.56 Å². The Morgan fingerprint density at radius 3 is 2.63 bits per heavy atom. The van der Waals surface area contributed by atoms with Crippen LogP contribution in [0, 0.1) is 6.92 Å². The van der Waals surface area contributed by atoms with Gasteiger partial charge < -0.3 is 20.4 Å². The zero-order chi connectivity index (χ0) is 20.9. The second-order valence-corrected chi connectivity index (χ2v) is 8.46. The number of amides is 2. The maximum absolute atomic E-state index is 11.8. The number of H-pyrrole nitrogens is 1. The van der Waals surface area contributed by atoms with Crippen LogP contribution in [0.2, 0.25) is 0 Å². The molecular weight excluding hydrogens is 378 g/mol. The van der Waals surface area contributed by atoms with Gasteiger partial charge in [0.25, 0.3) is 0 Å². The minimum Gasteiger partial charge on any atom is -0.487 e. The molecule has 154 valence electrons. The first-order chi connectivity index (χ1) is 14.4. The van der Waals surface area contributed by atoms with Crippen molar-refractivity contribution in [2.24, 2.45) is 5.73 Å². The molecule has 2 amide bonds. The van der Waals surface area contributed by atoms with E-state index in [-0.39, 0.29) is 17.2 Å². The topological polar surface area (TPSA) is 88.4 Å². The molecule has 0 atom stereocenters. The number of ether oxygens (including phenoxy) is 1. The highest BCUT2D eigenvalue weighted by Crippen LogP contribution is 2.41. The molecule has 0 radical (unpaired) electrons. The van der Waals surface area contributed by atoms with Crippen molar-refractivity contribution in [3.63, 3.8) is 0 Å². The molecule has 3 heterocycles. The number of nitrogens with zero attached hydrogens (tertiary/aromatic N) is 1.